The Hall–Kier alpha value is -2.80. The lowest BCUT2D eigenvalue weighted by atomic mass is 9.92. The Balaban J connectivity index is 1.66. The first-order chi connectivity index (χ1) is 13.2. The van der Waals surface area contributed by atoms with Gasteiger partial charge in [0.05, 0.1) is 0 Å². The molecule has 2 aliphatic rings. The minimum atomic E-state index is -1.25. The van der Waals surface area contributed by atoms with E-state index in [2.05, 4.69) is 31.1 Å². The Kier molecular flexibility index (Phi) is 4.23. The first-order valence-corrected chi connectivity index (χ1v) is 9.36. The number of nitrogens with zero attached hydrogens (tertiary/aromatic N) is 1. The summed E-state index contributed by atoms with van der Waals surface area (Å²) >= 11 is 0. The number of cyclic esters (lactones) is 2. The molecule has 7 heteroatoms. The van der Waals surface area contributed by atoms with Gasteiger partial charge in [0.2, 0.25) is 0 Å². The number of esters is 2. The summed E-state index contributed by atoms with van der Waals surface area (Å²) in [6.07, 6.45) is 1.33. The van der Waals surface area contributed by atoms with E-state index >= 15 is 0 Å². The zero-order valence-corrected chi connectivity index (χ0v) is 16.7. The summed E-state index contributed by atoms with van der Waals surface area (Å²) < 4.78 is 16.3. The average Bonchev–Trinajstić information content (AvgIpc) is 2.97. The summed E-state index contributed by atoms with van der Waals surface area (Å²) in [5.41, 5.74) is 2.58. The summed E-state index contributed by atoms with van der Waals surface area (Å²) in [5, 5.41) is 4.04. The normalized spacial score (nSPS) is 24.5. The molecular formula is C21H24N2O5. The highest BCUT2D eigenvalue weighted by Gasteiger charge is 2.39. The van der Waals surface area contributed by atoms with Crippen molar-refractivity contribution in [3.05, 3.63) is 41.3 Å². The van der Waals surface area contributed by atoms with Crippen LogP contribution in [0.25, 0.3) is 11.0 Å². The number of furan rings is 1. The molecule has 2 aromatic rings. The van der Waals surface area contributed by atoms with E-state index in [1.165, 1.54) is 25.6 Å². The number of rotatable bonds is 2. The zero-order chi connectivity index (χ0) is 20.2. The van der Waals surface area contributed by atoms with Crippen molar-refractivity contribution < 1.29 is 23.5 Å². The van der Waals surface area contributed by atoms with E-state index < -0.39 is 17.7 Å². The van der Waals surface area contributed by atoms with Crippen molar-refractivity contribution in [3.8, 4) is 0 Å². The molecule has 1 saturated heterocycles. The fraction of sp³-hybridized carbons (Fsp3) is 0.429. The van der Waals surface area contributed by atoms with Gasteiger partial charge in [-0.05, 0) is 32.2 Å². The predicted octanol–water partition coefficient (Wildman–Crippen LogP) is 3.67. The monoisotopic (exact) mass is 384 g/mol. The molecule has 2 atom stereocenters. The Morgan fingerprint density at radius 3 is 2.54 bits per heavy atom. The number of nitrogens with one attached hydrogen (secondary N) is 1. The van der Waals surface area contributed by atoms with E-state index in [1.807, 2.05) is 18.2 Å². The van der Waals surface area contributed by atoms with Gasteiger partial charge in [0.25, 0.3) is 5.79 Å². The minimum absolute atomic E-state index is 0.171. The average molecular weight is 384 g/mol. The molecule has 4 rings (SSSR count). The van der Waals surface area contributed by atoms with Crippen molar-refractivity contribution in [1.29, 1.82) is 0 Å². The van der Waals surface area contributed by atoms with Crippen molar-refractivity contribution in [2.45, 2.75) is 45.4 Å². The molecule has 0 radical (unpaired) electrons. The van der Waals surface area contributed by atoms with E-state index in [0.717, 1.165) is 29.0 Å². The van der Waals surface area contributed by atoms with Crippen LogP contribution in [0, 0.1) is 0 Å². The van der Waals surface area contributed by atoms with E-state index in [1.54, 1.807) is 0 Å². The summed E-state index contributed by atoms with van der Waals surface area (Å²) in [6, 6.07) is 5.96. The largest absolute Gasteiger partial charge is 0.460 e. The van der Waals surface area contributed by atoms with Gasteiger partial charge in [-0.2, -0.15) is 0 Å². The summed E-state index contributed by atoms with van der Waals surface area (Å²) in [5.74, 6) is -1.33. The van der Waals surface area contributed by atoms with E-state index in [9.17, 15) is 9.59 Å². The van der Waals surface area contributed by atoms with Crippen molar-refractivity contribution in [1.82, 2.24) is 4.90 Å². The van der Waals surface area contributed by atoms with Gasteiger partial charge >= 0.3 is 11.9 Å². The molecule has 3 heterocycles. The summed E-state index contributed by atoms with van der Waals surface area (Å²) in [7, 11) is 2.11. The van der Waals surface area contributed by atoms with Gasteiger partial charge in [-0.3, -0.25) is 4.90 Å². The van der Waals surface area contributed by atoms with Crippen molar-refractivity contribution in [3.63, 3.8) is 0 Å². The number of hydrogen-bond acceptors (Lipinski definition) is 7. The van der Waals surface area contributed by atoms with Crippen molar-refractivity contribution in [2.24, 2.45) is 0 Å². The maximum atomic E-state index is 12.1. The number of hydrogen-bond donors (Lipinski definition) is 1. The molecule has 0 bridgehead atoms. The zero-order valence-electron chi connectivity index (χ0n) is 16.7. The van der Waals surface area contributed by atoms with Crippen LogP contribution in [0.4, 0.5) is 5.69 Å². The van der Waals surface area contributed by atoms with Gasteiger partial charge in [0.1, 0.15) is 11.3 Å². The lowest BCUT2D eigenvalue weighted by Crippen LogP contribution is -2.42. The fourth-order valence-corrected chi connectivity index (χ4v) is 3.85. The third-order valence-corrected chi connectivity index (χ3v) is 5.34. The first-order valence-electron chi connectivity index (χ1n) is 9.36. The molecular weight excluding hydrogens is 360 g/mol. The second-order valence-corrected chi connectivity index (χ2v) is 7.99. The van der Waals surface area contributed by atoms with Crippen LogP contribution in [0.5, 0.6) is 0 Å². The quantitative estimate of drug-likeness (QED) is 0.481. The van der Waals surface area contributed by atoms with E-state index in [-0.39, 0.29) is 11.6 Å². The van der Waals surface area contributed by atoms with Crippen LogP contribution in [0.1, 0.15) is 51.0 Å². The molecule has 1 aromatic carbocycles. The summed E-state index contributed by atoms with van der Waals surface area (Å²) in [6.45, 7) is 8.31. The fourth-order valence-electron chi connectivity index (χ4n) is 3.85. The van der Waals surface area contributed by atoms with Crippen LogP contribution >= 0.6 is 0 Å². The van der Waals surface area contributed by atoms with Crippen LogP contribution < -0.4 is 5.32 Å². The van der Waals surface area contributed by atoms with Crippen molar-refractivity contribution in [2.75, 3.05) is 18.9 Å². The molecule has 1 fully saturated rings. The van der Waals surface area contributed by atoms with Crippen LogP contribution in [0.3, 0.4) is 0 Å². The first kappa shape index (κ1) is 18.6. The molecule has 1 aromatic heterocycles. The summed E-state index contributed by atoms with van der Waals surface area (Å²) in [4.78, 5) is 26.4. The molecule has 0 saturated carbocycles. The molecule has 2 aliphatic heterocycles. The number of benzene rings is 1. The number of fused-ring (bicyclic) bond motifs is 3. The highest BCUT2D eigenvalue weighted by Crippen LogP contribution is 2.42. The minimum Gasteiger partial charge on any atom is -0.460 e. The predicted molar refractivity (Wildman–Crippen MR) is 104 cm³/mol. The molecule has 28 heavy (non-hydrogen) atoms. The van der Waals surface area contributed by atoms with E-state index in [0.29, 0.717) is 5.92 Å². The highest BCUT2D eigenvalue weighted by atomic mass is 16.7. The van der Waals surface area contributed by atoms with Crippen LogP contribution in [-0.4, -0.2) is 36.2 Å². The van der Waals surface area contributed by atoms with Gasteiger partial charge in [-0.15, -0.1) is 0 Å². The second-order valence-electron chi connectivity index (χ2n) is 7.99. The lowest BCUT2D eigenvalue weighted by Gasteiger charge is -2.33. The Morgan fingerprint density at radius 1 is 1.18 bits per heavy atom. The highest BCUT2D eigenvalue weighted by molar-refractivity contribution is 6.15. The molecule has 7 nitrogen and oxygen atoms in total. The van der Waals surface area contributed by atoms with Gasteiger partial charge in [-0.1, -0.05) is 6.92 Å². The van der Waals surface area contributed by atoms with Crippen molar-refractivity contribution >= 4 is 28.6 Å². The maximum Gasteiger partial charge on any atom is 0.350 e. The third-order valence-electron chi connectivity index (χ3n) is 5.34. The molecule has 148 valence electrons. The topological polar surface area (TPSA) is 81.0 Å². The number of carbonyl (C=O) groups is 2. The third kappa shape index (κ3) is 3.05. The molecule has 0 spiro atoms. The Morgan fingerprint density at radius 2 is 1.86 bits per heavy atom. The Labute approximate surface area is 163 Å². The van der Waals surface area contributed by atoms with Gasteiger partial charge in [-0.25, -0.2) is 9.59 Å². The second kappa shape index (κ2) is 6.38. The van der Waals surface area contributed by atoms with Crippen LogP contribution in [0.15, 0.2) is 34.4 Å². The molecule has 0 aliphatic carbocycles. The maximum absolute atomic E-state index is 12.1. The van der Waals surface area contributed by atoms with Gasteiger partial charge in [0, 0.05) is 55.2 Å². The van der Waals surface area contributed by atoms with Crippen LogP contribution in [-0.2, 0) is 19.1 Å². The molecule has 1 N–H and O–H groups in total. The van der Waals surface area contributed by atoms with Crippen LogP contribution in [0.2, 0.25) is 0 Å². The standard InChI is InChI=1S/C21H24N2O5/c1-11-10-23(5)12(2)17-14-8-13(6-7-16(14)26-18(11)17)22-9-15-19(24)27-21(3,4)28-20(15)25/h6-9,11-12,22H,10H2,1-5H3. The Bertz CT molecular complexity index is 982. The van der Waals surface area contributed by atoms with Gasteiger partial charge in [0.15, 0.2) is 5.57 Å². The molecule has 0 amide bonds. The number of ether oxygens (including phenoxy) is 2. The van der Waals surface area contributed by atoms with E-state index in [4.69, 9.17) is 13.9 Å². The number of likely N-dealkylation sites (N-methyl/N-ethyl adjacent to an activating group) is 1. The number of anilines is 1. The lowest BCUT2D eigenvalue weighted by molar-refractivity contribution is -0.222. The molecule has 2 unspecified atom stereocenters. The smallest absolute Gasteiger partial charge is 0.350 e. The SMILES string of the molecule is CC1CN(C)C(C)c2c1oc1ccc(NC=C3C(=O)OC(C)(C)OC3=O)cc21. The van der Waals surface area contributed by atoms with Gasteiger partial charge < -0.3 is 19.2 Å². The number of carbonyl (C=O) groups excluding carboxylic acids is 2.